The van der Waals surface area contributed by atoms with Gasteiger partial charge in [-0.2, -0.15) is 18.3 Å². The van der Waals surface area contributed by atoms with E-state index in [2.05, 4.69) is 30.5 Å². The van der Waals surface area contributed by atoms with E-state index in [1.165, 1.54) is 0 Å². The second kappa shape index (κ2) is 7.72. The average Bonchev–Trinajstić information content (AvgIpc) is 3.07. The van der Waals surface area contributed by atoms with Crippen LogP contribution >= 0.6 is 23.7 Å². The molecule has 1 N–H and O–H groups in total. The summed E-state index contributed by atoms with van der Waals surface area (Å²) in [6.07, 6.45) is -1.04. The molecule has 1 saturated heterocycles. The lowest BCUT2D eigenvalue weighted by atomic mass is 10.1. The molecule has 0 atom stereocenters. The monoisotopic (exact) mass is 467 g/mol. The second-order valence-corrected chi connectivity index (χ2v) is 8.24. The van der Waals surface area contributed by atoms with Crippen molar-refractivity contribution < 1.29 is 13.2 Å². The van der Waals surface area contributed by atoms with Crippen LogP contribution in [0.3, 0.4) is 0 Å². The summed E-state index contributed by atoms with van der Waals surface area (Å²) < 4.78 is 39.0. The molecule has 4 aromatic heterocycles. The number of anilines is 2. The molecule has 162 valence electrons. The summed E-state index contributed by atoms with van der Waals surface area (Å²) >= 11 is 1.55. The molecule has 0 aromatic carbocycles. The van der Waals surface area contributed by atoms with Crippen molar-refractivity contribution in [2.24, 2.45) is 0 Å². The number of pyridine rings is 1. The van der Waals surface area contributed by atoms with Crippen LogP contribution in [0.4, 0.5) is 24.9 Å². The van der Waals surface area contributed by atoms with Crippen LogP contribution in [-0.4, -0.2) is 44.3 Å². The maximum atomic E-state index is 12.7. The van der Waals surface area contributed by atoms with Gasteiger partial charge in [0.1, 0.15) is 10.6 Å². The smallest absolute Gasteiger partial charge is 0.363 e. The van der Waals surface area contributed by atoms with Crippen LogP contribution in [0.5, 0.6) is 0 Å². The molecule has 1 aliphatic rings. The molecule has 1 aliphatic heterocycles. The zero-order valence-corrected chi connectivity index (χ0v) is 18.1. The van der Waals surface area contributed by atoms with Crippen LogP contribution in [0.1, 0.15) is 16.8 Å². The van der Waals surface area contributed by atoms with Gasteiger partial charge in [0, 0.05) is 42.5 Å². The number of rotatable bonds is 3. The highest BCUT2D eigenvalue weighted by Gasteiger charge is 2.33. The van der Waals surface area contributed by atoms with Gasteiger partial charge in [-0.05, 0) is 25.5 Å². The number of nitrogens with zero attached hydrogens (tertiary/aromatic N) is 6. The fraction of sp³-hybridized carbons (Fsp3) is 0.316. The van der Waals surface area contributed by atoms with Gasteiger partial charge < -0.3 is 10.2 Å². The third-order valence-corrected chi connectivity index (χ3v) is 6.36. The van der Waals surface area contributed by atoms with Crippen molar-refractivity contribution in [1.82, 2.24) is 25.1 Å². The van der Waals surface area contributed by atoms with Gasteiger partial charge >= 0.3 is 6.18 Å². The molecule has 0 radical (unpaired) electrons. The second-order valence-electron chi connectivity index (χ2n) is 7.24. The van der Waals surface area contributed by atoms with Crippen LogP contribution in [0.25, 0.3) is 20.3 Å². The van der Waals surface area contributed by atoms with Crippen LogP contribution < -0.4 is 10.2 Å². The van der Waals surface area contributed by atoms with E-state index in [9.17, 15) is 13.2 Å². The van der Waals surface area contributed by atoms with Gasteiger partial charge in [0.05, 0.1) is 22.0 Å². The molecule has 5 heterocycles. The summed E-state index contributed by atoms with van der Waals surface area (Å²) in [6.45, 7) is 5.14. The van der Waals surface area contributed by atoms with Gasteiger partial charge in [-0.25, -0.2) is 15.0 Å². The molecule has 1 fully saturated rings. The lowest BCUT2D eigenvalue weighted by molar-refractivity contribution is -0.138. The van der Waals surface area contributed by atoms with Crippen LogP contribution in [0, 0.1) is 13.8 Å². The molecule has 0 bridgehead atoms. The van der Waals surface area contributed by atoms with Crippen molar-refractivity contribution in [3.05, 3.63) is 41.5 Å². The van der Waals surface area contributed by atoms with Crippen molar-refractivity contribution >= 4 is 55.8 Å². The Morgan fingerprint density at radius 1 is 1.10 bits per heavy atom. The summed E-state index contributed by atoms with van der Waals surface area (Å²) in [4.78, 5) is 14.9. The number of hydrogen-bond acceptors (Lipinski definition) is 8. The fourth-order valence-electron chi connectivity index (χ4n) is 3.48. The third kappa shape index (κ3) is 3.72. The first-order valence-corrected chi connectivity index (χ1v) is 10.0. The molecular formula is C19H17ClF3N7S. The van der Waals surface area contributed by atoms with E-state index in [0.717, 1.165) is 49.8 Å². The molecule has 4 aromatic rings. The number of hydrogen-bond donors (Lipinski definition) is 1. The SMILES string of the molecule is Cc1nnc2sc3c(NC4CN(c5ncc(C(F)(F)F)cn5)C4)nccc3c2c1C.Cl. The molecule has 5 rings (SSSR count). The highest BCUT2D eigenvalue weighted by atomic mass is 35.5. The molecule has 0 unspecified atom stereocenters. The zero-order valence-electron chi connectivity index (χ0n) is 16.4. The number of aromatic nitrogens is 5. The predicted octanol–water partition coefficient (Wildman–Crippen LogP) is 4.39. The summed E-state index contributed by atoms with van der Waals surface area (Å²) in [7, 11) is 0. The Labute approximate surface area is 185 Å². The Bertz CT molecular complexity index is 1250. The van der Waals surface area contributed by atoms with E-state index in [1.54, 1.807) is 17.5 Å². The number of aryl methyl sites for hydroxylation is 2. The van der Waals surface area contributed by atoms with Gasteiger partial charge in [0.25, 0.3) is 0 Å². The fourth-order valence-corrected chi connectivity index (χ4v) is 4.61. The minimum Gasteiger partial charge on any atom is -0.363 e. The Balaban J connectivity index is 0.00000231. The van der Waals surface area contributed by atoms with Crippen molar-refractivity contribution in [2.45, 2.75) is 26.1 Å². The van der Waals surface area contributed by atoms with Gasteiger partial charge in [0.2, 0.25) is 5.95 Å². The lowest BCUT2D eigenvalue weighted by Gasteiger charge is -2.39. The normalized spacial score (nSPS) is 14.5. The zero-order chi connectivity index (χ0) is 21.0. The molecule has 7 nitrogen and oxygen atoms in total. The Kier molecular flexibility index (Phi) is 5.34. The van der Waals surface area contributed by atoms with Crippen molar-refractivity contribution in [3.8, 4) is 0 Å². The highest BCUT2D eigenvalue weighted by Crippen LogP contribution is 2.38. The van der Waals surface area contributed by atoms with Crippen LogP contribution in [0.2, 0.25) is 0 Å². The first-order chi connectivity index (χ1) is 14.3. The Morgan fingerprint density at radius 2 is 1.81 bits per heavy atom. The minimum atomic E-state index is -4.44. The van der Waals surface area contributed by atoms with Crippen molar-refractivity contribution in [3.63, 3.8) is 0 Å². The minimum absolute atomic E-state index is 0. The van der Waals surface area contributed by atoms with Gasteiger partial charge in [-0.1, -0.05) is 0 Å². The highest BCUT2D eigenvalue weighted by molar-refractivity contribution is 7.26. The quantitative estimate of drug-likeness (QED) is 0.478. The molecule has 31 heavy (non-hydrogen) atoms. The first-order valence-electron chi connectivity index (χ1n) is 9.23. The van der Waals surface area contributed by atoms with E-state index in [1.807, 2.05) is 24.8 Å². The summed E-state index contributed by atoms with van der Waals surface area (Å²) in [5.74, 6) is 1.06. The van der Waals surface area contributed by atoms with Crippen molar-refractivity contribution in [1.29, 1.82) is 0 Å². The van der Waals surface area contributed by atoms with E-state index >= 15 is 0 Å². The maximum absolute atomic E-state index is 12.7. The standard InChI is InChI=1S/C19H16F3N7S.ClH/c1-9-10(2)27-28-17-14(9)13-3-4-23-16(15(13)30-17)26-12-7-29(8-12)18-24-5-11(6-25-18)19(20,21)22;/h3-6,12H,7-8H2,1-2H3,(H,23,26);1H. The first kappa shape index (κ1) is 21.4. The summed E-state index contributed by atoms with van der Waals surface area (Å²) in [5.41, 5.74) is 1.16. The number of halogens is 4. The number of alkyl halides is 3. The van der Waals surface area contributed by atoms with E-state index in [-0.39, 0.29) is 24.4 Å². The molecule has 0 spiro atoms. The largest absolute Gasteiger partial charge is 0.419 e. The van der Waals surface area contributed by atoms with Crippen LogP contribution in [-0.2, 0) is 6.18 Å². The van der Waals surface area contributed by atoms with E-state index in [4.69, 9.17) is 0 Å². The Morgan fingerprint density at radius 3 is 2.48 bits per heavy atom. The lowest BCUT2D eigenvalue weighted by Crippen LogP contribution is -2.55. The summed E-state index contributed by atoms with van der Waals surface area (Å²) in [6, 6.07) is 2.07. The Hall–Kier alpha value is -2.79. The number of thiophene rings is 1. The predicted molar refractivity (Wildman–Crippen MR) is 116 cm³/mol. The molecule has 12 heteroatoms. The van der Waals surface area contributed by atoms with Crippen LogP contribution in [0.15, 0.2) is 24.7 Å². The topological polar surface area (TPSA) is 79.7 Å². The molecule has 0 aliphatic carbocycles. The van der Waals surface area contributed by atoms with Gasteiger partial charge in [-0.3, -0.25) is 0 Å². The number of fused-ring (bicyclic) bond motifs is 3. The molecule has 0 saturated carbocycles. The van der Waals surface area contributed by atoms with Gasteiger partial charge in [-0.15, -0.1) is 28.8 Å². The van der Waals surface area contributed by atoms with E-state index in [0.29, 0.717) is 13.1 Å². The van der Waals surface area contributed by atoms with Crippen molar-refractivity contribution in [2.75, 3.05) is 23.3 Å². The molecule has 0 amide bonds. The van der Waals surface area contributed by atoms with E-state index < -0.39 is 11.7 Å². The maximum Gasteiger partial charge on any atom is 0.419 e. The number of nitrogens with one attached hydrogen (secondary N) is 1. The summed E-state index contributed by atoms with van der Waals surface area (Å²) in [5, 5.41) is 14.1. The van der Waals surface area contributed by atoms with Gasteiger partial charge in [0.15, 0.2) is 0 Å². The third-order valence-electron chi connectivity index (χ3n) is 5.27. The molecular weight excluding hydrogens is 451 g/mol. The average molecular weight is 468 g/mol.